The number of ether oxygens (including phenoxy) is 3. The van der Waals surface area contributed by atoms with Crippen LogP contribution < -0.4 is 0 Å². The van der Waals surface area contributed by atoms with Crippen LogP contribution in [0.4, 0.5) is 0 Å². The molecule has 1 heterocycles. The van der Waals surface area contributed by atoms with Crippen molar-refractivity contribution in [2.75, 3.05) is 13.7 Å². The first-order chi connectivity index (χ1) is 10.9. The molecule has 6 nitrogen and oxygen atoms in total. The Kier molecular flexibility index (Phi) is 7.61. The van der Waals surface area contributed by atoms with E-state index in [0.717, 1.165) is 0 Å². The Hall–Kier alpha value is -0.283. The van der Waals surface area contributed by atoms with Crippen LogP contribution in [0.3, 0.4) is 0 Å². The standard InChI is InChI=1S/C17H34O6Si/c1-9-11(2)22-15-14(19)13(18)12(23-16(15)20-6)10-21-24(7,8)17(3,4)5/h9,11-16,18-19H,1,10H2,2-8H3/t11-,12+,13+,14-,15-,16-/m0/s1. The SMILES string of the molecule is C=C[C@H](C)O[C@@H]1[C@@H](OC)O[C@H](CO[Si](C)(C)C(C)(C)C)[C@@H](O)[C@@H]1O. The van der Waals surface area contributed by atoms with Crippen LogP contribution in [0.2, 0.25) is 18.1 Å². The maximum Gasteiger partial charge on any atom is 0.192 e. The summed E-state index contributed by atoms with van der Waals surface area (Å²) in [5, 5.41) is 20.9. The van der Waals surface area contributed by atoms with Gasteiger partial charge in [-0.05, 0) is 25.1 Å². The van der Waals surface area contributed by atoms with E-state index in [0.29, 0.717) is 0 Å². The van der Waals surface area contributed by atoms with Crippen molar-refractivity contribution in [1.82, 2.24) is 0 Å². The van der Waals surface area contributed by atoms with E-state index in [9.17, 15) is 10.2 Å². The van der Waals surface area contributed by atoms with Gasteiger partial charge in [0, 0.05) is 7.11 Å². The van der Waals surface area contributed by atoms with Crippen LogP contribution in [-0.2, 0) is 18.6 Å². The first-order valence-corrected chi connectivity index (χ1v) is 11.3. The summed E-state index contributed by atoms with van der Waals surface area (Å²) in [6.07, 6.45) is -3.15. The summed E-state index contributed by atoms with van der Waals surface area (Å²) in [7, 11) is -0.498. The smallest absolute Gasteiger partial charge is 0.192 e. The zero-order chi connectivity index (χ0) is 18.7. The molecule has 1 saturated heterocycles. The topological polar surface area (TPSA) is 77.4 Å². The van der Waals surface area contributed by atoms with Gasteiger partial charge in [0.1, 0.15) is 24.4 Å². The maximum atomic E-state index is 10.4. The molecule has 2 N–H and O–H groups in total. The van der Waals surface area contributed by atoms with Crippen molar-refractivity contribution < 1.29 is 28.8 Å². The van der Waals surface area contributed by atoms with Gasteiger partial charge < -0.3 is 28.8 Å². The van der Waals surface area contributed by atoms with E-state index in [1.54, 1.807) is 13.0 Å². The summed E-state index contributed by atoms with van der Waals surface area (Å²) in [6, 6.07) is 0. The second-order valence-corrected chi connectivity index (χ2v) is 12.7. The number of hydrogen-bond acceptors (Lipinski definition) is 6. The van der Waals surface area contributed by atoms with Crippen molar-refractivity contribution in [3.05, 3.63) is 12.7 Å². The maximum absolute atomic E-state index is 10.4. The molecule has 0 aliphatic carbocycles. The van der Waals surface area contributed by atoms with Crippen LogP contribution in [0.25, 0.3) is 0 Å². The van der Waals surface area contributed by atoms with E-state index in [2.05, 4.69) is 40.4 Å². The van der Waals surface area contributed by atoms with E-state index in [-0.39, 0.29) is 17.7 Å². The lowest BCUT2D eigenvalue weighted by Crippen LogP contribution is -2.61. The first kappa shape index (κ1) is 21.8. The second-order valence-electron chi connectivity index (χ2n) is 7.87. The summed E-state index contributed by atoms with van der Waals surface area (Å²) in [6.45, 7) is 16.3. The van der Waals surface area contributed by atoms with E-state index < -0.39 is 39.0 Å². The van der Waals surface area contributed by atoms with Crippen LogP contribution in [-0.4, -0.2) is 69.1 Å². The molecule has 0 bridgehead atoms. The van der Waals surface area contributed by atoms with E-state index in [4.69, 9.17) is 18.6 Å². The Morgan fingerprint density at radius 1 is 1.25 bits per heavy atom. The number of hydrogen-bond donors (Lipinski definition) is 2. The molecule has 0 saturated carbocycles. The minimum atomic E-state index is -1.98. The molecule has 0 amide bonds. The van der Waals surface area contributed by atoms with Gasteiger partial charge in [0.15, 0.2) is 14.6 Å². The molecule has 24 heavy (non-hydrogen) atoms. The highest BCUT2D eigenvalue weighted by Gasteiger charge is 2.47. The monoisotopic (exact) mass is 362 g/mol. The summed E-state index contributed by atoms with van der Waals surface area (Å²) < 4.78 is 22.9. The average molecular weight is 363 g/mol. The molecule has 1 rings (SSSR count). The lowest BCUT2D eigenvalue weighted by atomic mass is 9.99. The molecule has 1 aliphatic heterocycles. The van der Waals surface area contributed by atoms with Gasteiger partial charge >= 0.3 is 0 Å². The fourth-order valence-corrected chi connectivity index (χ4v) is 3.20. The predicted molar refractivity (Wildman–Crippen MR) is 95.4 cm³/mol. The van der Waals surface area contributed by atoms with Crippen LogP contribution in [0, 0.1) is 0 Å². The summed E-state index contributed by atoms with van der Waals surface area (Å²) >= 11 is 0. The number of aliphatic hydroxyl groups is 2. The number of methoxy groups -OCH3 is 1. The predicted octanol–water partition coefficient (Wildman–Crippen LogP) is 2.06. The third-order valence-electron chi connectivity index (χ3n) is 5.00. The lowest BCUT2D eigenvalue weighted by molar-refractivity contribution is -0.306. The van der Waals surface area contributed by atoms with Gasteiger partial charge in [-0.1, -0.05) is 26.8 Å². The van der Waals surface area contributed by atoms with Gasteiger partial charge in [-0.2, -0.15) is 0 Å². The van der Waals surface area contributed by atoms with Crippen LogP contribution in [0.1, 0.15) is 27.7 Å². The molecule has 0 radical (unpaired) electrons. The van der Waals surface area contributed by atoms with Crippen LogP contribution in [0.5, 0.6) is 0 Å². The molecule has 0 aromatic heterocycles. The largest absolute Gasteiger partial charge is 0.414 e. The molecular weight excluding hydrogens is 328 g/mol. The highest BCUT2D eigenvalue weighted by molar-refractivity contribution is 6.74. The Bertz CT molecular complexity index is 406. The summed E-state index contributed by atoms with van der Waals surface area (Å²) in [5.74, 6) is 0. The molecule has 0 aromatic rings. The lowest BCUT2D eigenvalue weighted by Gasteiger charge is -2.44. The van der Waals surface area contributed by atoms with Crippen molar-refractivity contribution in [2.24, 2.45) is 0 Å². The average Bonchev–Trinajstić information content (AvgIpc) is 2.49. The van der Waals surface area contributed by atoms with Crippen LogP contribution >= 0.6 is 0 Å². The van der Waals surface area contributed by atoms with Crippen molar-refractivity contribution in [1.29, 1.82) is 0 Å². The summed E-state index contributed by atoms with van der Waals surface area (Å²) in [5.41, 5.74) is 0. The Labute approximate surface area is 146 Å². The fourth-order valence-electron chi connectivity index (χ4n) is 2.19. The molecule has 0 unspecified atom stereocenters. The normalized spacial score (nSPS) is 33.3. The Balaban J connectivity index is 2.78. The zero-order valence-corrected chi connectivity index (χ0v) is 17.0. The molecule has 6 atom stereocenters. The molecule has 7 heteroatoms. The summed E-state index contributed by atoms with van der Waals surface area (Å²) in [4.78, 5) is 0. The van der Waals surface area contributed by atoms with E-state index in [1.807, 2.05) is 0 Å². The fraction of sp³-hybridized carbons (Fsp3) is 0.882. The van der Waals surface area contributed by atoms with Gasteiger partial charge in [0.25, 0.3) is 0 Å². The van der Waals surface area contributed by atoms with E-state index >= 15 is 0 Å². The van der Waals surface area contributed by atoms with Crippen molar-refractivity contribution >= 4 is 8.32 Å². The van der Waals surface area contributed by atoms with E-state index in [1.165, 1.54) is 7.11 Å². The quantitative estimate of drug-likeness (QED) is 0.533. The van der Waals surface area contributed by atoms with Gasteiger partial charge in [0.05, 0.1) is 12.7 Å². The van der Waals surface area contributed by atoms with Crippen molar-refractivity contribution in [3.8, 4) is 0 Å². The third-order valence-corrected chi connectivity index (χ3v) is 9.50. The van der Waals surface area contributed by atoms with Gasteiger partial charge in [-0.25, -0.2) is 0 Å². The first-order valence-electron chi connectivity index (χ1n) is 8.41. The Morgan fingerprint density at radius 2 is 1.83 bits per heavy atom. The van der Waals surface area contributed by atoms with Crippen molar-refractivity contribution in [2.45, 2.75) is 82.6 Å². The highest BCUT2D eigenvalue weighted by atomic mass is 28.4. The molecule has 1 fully saturated rings. The van der Waals surface area contributed by atoms with Gasteiger partial charge in [-0.15, -0.1) is 6.58 Å². The third kappa shape index (κ3) is 5.11. The van der Waals surface area contributed by atoms with Crippen LogP contribution in [0.15, 0.2) is 12.7 Å². The molecular formula is C17H34O6Si. The molecule has 0 spiro atoms. The Morgan fingerprint density at radius 3 is 2.29 bits per heavy atom. The zero-order valence-electron chi connectivity index (χ0n) is 16.0. The molecule has 142 valence electrons. The van der Waals surface area contributed by atoms with Gasteiger partial charge in [0.2, 0.25) is 0 Å². The van der Waals surface area contributed by atoms with Gasteiger partial charge in [-0.3, -0.25) is 0 Å². The number of aliphatic hydroxyl groups excluding tert-OH is 2. The molecule has 0 aromatic carbocycles. The minimum absolute atomic E-state index is 0.0525. The minimum Gasteiger partial charge on any atom is -0.414 e. The second kappa shape index (κ2) is 8.40. The highest BCUT2D eigenvalue weighted by Crippen LogP contribution is 2.37. The molecule has 1 aliphatic rings. The van der Waals surface area contributed by atoms with Crippen molar-refractivity contribution in [3.63, 3.8) is 0 Å². The number of rotatable bonds is 7.